The summed E-state index contributed by atoms with van der Waals surface area (Å²) in [6.07, 6.45) is 3.85. The summed E-state index contributed by atoms with van der Waals surface area (Å²) in [5.74, 6) is 1.23. The highest BCUT2D eigenvalue weighted by Crippen LogP contribution is 2.33. The Morgan fingerprint density at radius 2 is 2.00 bits per heavy atom. The van der Waals surface area contributed by atoms with Crippen molar-refractivity contribution in [2.24, 2.45) is 5.92 Å². The number of aromatic nitrogens is 1. The molecule has 1 atom stereocenters. The maximum Gasteiger partial charge on any atom is 0.185 e. The van der Waals surface area contributed by atoms with E-state index in [0.717, 1.165) is 32.1 Å². The lowest BCUT2D eigenvalue weighted by Gasteiger charge is -2.21. The van der Waals surface area contributed by atoms with Gasteiger partial charge in [0.2, 0.25) is 0 Å². The zero-order valence-electron chi connectivity index (χ0n) is 14.3. The first kappa shape index (κ1) is 16.8. The van der Waals surface area contributed by atoms with Crippen LogP contribution in [-0.4, -0.2) is 24.1 Å². The van der Waals surface area contributed by atoms with Crippen LogP contribution in [0.5, 0.6) is 0 Å². The summed E-state index contributed by atoms with van der Waals surface area (Å²) in [6, 6.07) is 0.762. The van der Waals surface area contributed by atoms with E-state index in [2.05, 4.69) is 44.8 Å². The van der Waals surface area contributed by atoms with E-state index in [1.807, 2.05) is 11.3 Å². The molecule has 120 valence electrons. The van der Waals surface area contributed by atoms with Crippen molar-refractivity contribution < 1.29 is 0 Å². The first-order valence-corrected chi connectivity index (χ1v) is 9.34. The number of anilines is 1. The van der Waals surface area contributed by atoms with E-state index in [4.69, 9.17) is 4.98 Å². The minimum Gasteiger partial charge on any atom is -0.348 e. The van der Waals surface area contributed by atoms with E-state index in [0.29, 0.717) is 11.8 Å². The van der Waals surface area contributed by atoms with Gasteiger partial charge in [-0.15, -0.1) is 11.3 Å². The zero-order valence-corrected chi connectivity index (χ0v) is 15.1. The van der Waals surface area contributed by atoms with Crippen LogP contribution in [0.3, 0.4) is 0 Å². The zero-order chi connectivity index (χ0) is 15.4. The van der Waals surface area contributed by atoms with Gasteiger partial charge >= 0.3 is 0 Å². The summed E-state index contributed by atoms with van der Waals surface area (Å²) in [6.45, 7) is 14.5. The largest absolute Gasteiger partial charge is 0.348 e. The third-order valence-corrected chi connectivity index (χ3v) is 5.29. The number of nitrogens with zero attached hydrogens (tertiary/aromatic N) is 2. The predicted octanol–water partition coefficient (Wildman–Crippen LogP) is 4.39. The smallest absolute Gasteiger partial charge is 0.185 e. The Balaban J connectivity index is 2.16. The average Bonchev–Trinajstić information content (AvgIpc) is 3.20. The molecule has 1 unspecified atom stereocenters. The van der Waals surface area contributed by atoms with Gasteiger partial charge in [-0.05, 0) is 38.0 Å². The summed E-state index contributed by atoms with van der Waals surface area (Å²) < 4.78 is 0. The summed E-state index contributed by atoms with van der Waals surface area (Å²) >= 11 is 1.90. The third-order valence-electron chi connectivity index (χ3n) is 4.16. The van der Waals surface area contributed by atoms with Crippen LogP contribution in [0.1, 0.15) is 70.4 Å². The fourth-order valence-electron chi connectivity index (χ4n) is 2.50. The van der Waals surface area contributed by atoms with Gasteiger partial charge in [0.05, 0.1) is 5.69 Å². The van der Waals surface area contributed by atoms with Gasteiger partial charge in [-0.25, -0.2) is 4.98 Å². The molecule has 1 aliphatic carbocycles. The van der Waals surface area contributed by atoms with Crippen molar-refractivity contribution in [2.45, 2.75) is 72.4 Å². The molecule has 1 heterocycles. The monoisotopic (exact) mass is 309 g/mol. The van der Waals surface area contributed by atoms with E-state index in [1.165, 1.54) is 28.5 Å². The SMILES string of the molecule is CCC(C)c1nc(N(CC)CC(C)C)sc1CNC1CC1. The van der Waals surface area contributed by atoms with Gasteiger partial charge in [-0.1, -0.05) is 27.7 Å². The molecule has 2 rings (SSSR count). The highest BCUT2D eigenvalue weighted by molar-refractivity contribution is 7.15. The van der Waals surface area contributed by atoms with E-state index in [-0.39, 0.29) is 0 Å². The van der Waals surface area contributed by atoms with Crippen molar-refractivity contribution in [1.29, 1.82) is 0 Å². The second-order valence-electron chi connectivity index (χ2n) is 6.70. The van der Waals surface area contributed by atoms with E-state index in [1.54, 1.807) is 0 Å². The molecule has 1 aromatic heterocycles. The molecule has 4 heteroatoms. The number of hydrogen-bond donors (Lipinski definition) is 1. The standard InChI is InChI=1S/C17H31N3S/c1-6-13(5)16-15(10-18-14-8-9-14)21-17(19-16)20(7-2)11-12(3)4/h12-14,18H,6-11H2,1-5H3. The maximum atomic E-state index is 5.01. The first-order chi connectivity index (χ1) is 10.0. The Hall–Kier alpha value is -0.610. The second kappa shape index (κ2) is 7.59. The van der Waals surface area contributed by atoms with Gasteiger partial charge < -0.3 is 10.2 Å². The predicted molar refractivity (Wildman–Crippen MR) is 93.4 cm³/mol. The quantitative estimate of drug-likeness (QED) is 0.733. The molecule has 1 aliphatic rings. The molecule has 1 aromatic rings. The number of rotatable bonds is 9. The molecule has 1 saturated carbocycles. The molecule has 1 fully saturated rings. The van der Waals surface area contributed by atoms with Gasteiger partial charge in [0.25, 0.3) is 0 Å². The number of nitrogens with one attached hydrogen (secondary N) is 1. The van der Waals surface area contributed by atoms with Crippen LogP contribution in [-0.2, 0) is 6.54 Å². The average molecular weight is 310 g/mol. The molecule has 3 nitrogen and oxygen atoms in total. The number of thiazole rings is 1. The van der Waals surface area contributed by atoms with E-state index in [9.17, 15) is 0 Å². The molecular weight excluding hydrogens is 278 g/mol. The minimum absolute atomic E-state index is 0.559. The fraction of sp³-hybridized carbons (Fsp3) is 0.824. The molecule has 1 N–H and O–H groups in total. The molecule has 0 amide bonds. The Morgan fingerprint density at radius 3 is 2.52 bits per heavy atom. The van der Waals surface area contributed by atoms with Crippen LogP contribution in [0.15, 0.2) is 0 Å². The van der Waals surface area contributed by atoms with Crippen LogP contribution in [0, 0.1) is 5.92 Å². The van der Waals surface area contributed by atoms with Crippen molar-refractivity contribution >= 4 is 16.5 Å². The fourth-order valence-corrected chi connectivity index (χ4v) is 3.70. The summed E-state index contributed by atoms with van der Waals surface area (Å²) in [5.41, 5.74) is 1.33. The number of hydrogen-bond acceptors (Lipinski definition) is 4. The second-order valence-corrected chi connectivity index (χ2v) is 7.76. The van der Waals surface area contributed by atoms with E-state index >= 15 is 0 Å². The molecule has 0 spiro atoms. The summed E-state index contributed by atoms with van der Waals surface area (Å²) in [7, 11) is 0. The molecule has 0 bridgehead atoms. The lowest BCUT2D eigenvalue weighted by Crippen LogP contribution is -2.27. The Labute approximate surface area is 134 Å². The normalized spacial score (nSPS) is 16.5. The van der Waals surface area contributed by atoms with Crippen LogP contribution in [0.2, 0.25) is 0 Å². The van der Waals surface area contributed by atoms with Gasteiger partial charge in [0, 0.05) is 30.6 Å². The molecule has 21 heavy (non-hydrogen) atoms. The van der Waals surface area contributed by atoms with Crippen molar-refractivity contribution in [3.8, 4) is 0 Å². The Kier molecular flexibility index (Phi) is 6.06. The lowest BCUT2D eigenvalue weighted by atomic mass is 10.0. The summed E-state index contributed by atoms with van der Waals surface area (Å²) in [4.78, 5) is 8.89. The van der Waals surface area contributed by atoms with Crippen LogP contribution in [0.4, 0.5) is 5.13 Å². The topological polar surface area (TPSA) is 28.2 Å². The summed E-state index contributed by atoms with van der Waals surface area (Å²) in [5, 5.41) is 4.87. The van der Waals surface area contributed by atoms with Gasteiger partial charge in [-0.2, -0.15) is 0 Å². The van der Waals surface area contributed by atoms with Crippen molar-refractivity contribution in [3.05, 3.63) is 10.6 Å². The van der Waals surface area contributed by atoms with E-state index < -0.39 is 0 Å². The highest BCUT2D eigenvalue weighted by atomic mass is 32.1. The molecule has 0 saturated heterocycles. The Bertz CT molecular complexity index is 437. The minimum atomic E-state index is 0.559. The molecule has 0 radical (unpaired) electrons. The molecule has 0 aliphatic heterocycles. The van der Waals surface area contributed by atoms with Gasteiger partial charge in [0.1, 0.15) is 0 Å². The first-order valence-electron chi connectivity index (χ1n) is 8.53. The van der Waals surface area contributed by atoms with Crippen molar-refractivity contribution in [2.75, 3.05) is 18.0 Å². The van der Waals surface area contributed by atoms with Crippen molar-refractivity contribution in [1.82, 2.24) is 10.3 Å². The van der Waals surface area contributed by atoms with Gasteiger partial charge in [-0.3, -0.25) is 0 Å². The highest BCUT2D eigenvalue weighted by Gasteiger charge is 2.23. The molecular formula is C17H31N3S. The van der Waals surface area contributed by atoms with Gasteiger partial charge in [0.15, 0.2) is 5.13 Å². The lowest BCUT2D eigenvalue weighted by molar-refractivity contribution is 0.615. The van der Waals surface area contributed by atoms with Crippen LogP contribution in [0.25, 0.3) is 0 Å². The molecule has 0 aromatic carbocycles. The van der Waals surface area contributed by atoms with Crippen molar-refractivity contribution in [3.63, 3.8) is 0 Å². The van der Waals surface area contributed by atoms with Crippen LogP contribution >= 0.6 is 11.3 Å². The Morgan fingerprint density at radius 1 is 1.29 bits per heavy atom. The van der Waals surface area contributed by atoms with Crippen LogP contribution < -0.4 is 10.2 Å². The maximum absolute atomic E-state index is 5.01. The third kappa shape index (κ3) is 4.68.